The molecule has 1 aromatic carbocycles. The van der Waals surface area contributed by atoms with E-state index in [4.69, 9.17) is 28.4 Å². The van der Waals surface area contributed by atoms with Gasteiger partial charge in [-0.2, -0.15) is 0 Å². The van der Waals surface area contributed by atoms with E-state index in [1.165, 1.54) is 40.6 Å². The third-order valence-electron chi connectivity index (χ3n) is 4.67. The molecule has 1 unspecified atom stereocenters. The number of aliphatic hydroxyl groups excluding tert-OH is 1. The standard InChI is InChI=1S/C20H27NO9/c1-10-18(22)16(9-17(28-6)29-10)30-20(24)12-7-14(26-4)15(27-5)8-13(12)21-19(23)11(2)25-3/h7-8,10,16-18,22H,2,9H2,1,3-6H3,(H,21,23)/t10-,16-,17?,18+/m0/s1. The maximum atomic E-state index is 13.0. The van der Waals surface area contributed by atoms with Gasteiger partial charge in [0.1, 0.15) is 12.2 Å². The fraction of sp³-hybridized carbons (Fsp3) is 0.500. The second-order valence-electron chi connectivity index (χ2n) is 6.51. The number of anilines is 1. The third kappa shape index (κ3) is 5.21. The van der Waals surface area contributed by atoms with E-state index < -0.39 is 36.5 Å². The number of carbonyl (C=O) groups is 2. The second-order valence-corrected chi connectivity index (χ2v) is 6.51. The molecule has 0 bridgehead atoms. The first-order valence-electron chi connectivity index (χ1n) is 9.13. The number of methoxy groups -OCH3 is 4. The van der Waals surface area contributed by atoms with Gasteiger partial charge < -0.3 is 38.8 Å². The molecule has 2 rings (SSSR count). The molecule has 0 spiro atoms. The molecule has 1 fully saturated rings. The molecule has 1 amide bonds. The van der Waals surface area contributed by atoms with Crippen LogP contribution in [0.25, 0.3) is 0 Å². The Labute approximate surface area is 174 Å². The van der Waals surface area contributed by atoms with Crippen molar-refractivity contribution >= 4 is 17.6 Å². The Bertz CT molecular complexity index is 795. The molecule has 2 N–H and O–H groups in total. The van der Waals surface area contributed by atoms with Crippen LogP contribution in [0.4, 0.5) is 5.69 Å². The first-order chi connectivity index (χ1) is 14.2. The van der Waals surface area contributed by atoms with Crippen molar-refractivity contribution in [1.82, 2.24) is 0 Å². The van der Waals surface area contributed by atoms with E-state index in [1.54, 1.807) is 6.92 Å². The summed E-state index contributed by atoms with van der Waals surface area (Å²) < 4.78 is 31.5. The van der Waals surface area contributed by atoms with Crippen molar-refractivity contribution in [3.8, 4) is 11.5 Å². The van der Waals surface area contributed by atoms with E-state index in [0.29, 0.717) is 0 Å². The number of carbonyl (C=O) groups excluding carboxylic acids is 2. The molecular formula is C20H27NO9. The van der Waals surface area contributed by atoms with Gasteiger partial charge in [0.25, 0.3) is 5.91 Å². The van der Waals surface area contributed by atoms with Crippen LogP contribution >= 0.6 is 0 Å². The van der Waals surface area contributed by atoms with E-state index in [1.807, 2.05) is 0 Å². The molecule has 0 radical (unpaired) electrons. The summed E-state index contributed by atoms with van der Waals surface area (Å²) in [4.78, 5) is 25.2. The van der Waals surface area contributed by atoms with Gasteiger partial charge in [-0.05, 0) is 6.92 Å². The molecular weight excluding hydrogens is 398 g/mol. The van der Waals surface area contributed by atoms with E-state index >= 15 is 0 Å². The van der Waals surface area contributed by atoms with Crippen LogP contribution in [-0.2, 0) is 23.7 Å². The molecule has 10 heteroatoms. The molecule has 4 atom stereocenters. The van der Waals surface area contributed by atoms with Gasteiger partial charge in [0.15, 0.2) is 23.5 Å². The van der Waals surface area contributed by atoms with Crippen molar-refractivity contribution in [1.29, 1.82) is 0 Å². The Morgan fingerprint density at radius 1 is 1.17 bits per heavy atom. The Hall–Kier alpha value is -2.82. The average molecular weight is 425 g/mol. The Kier molecular flexibility index (Phi) is 8.04. The molecule has 0 aromatic heterocycles. The first kappa shape index (κ1) is 23.5. The van der Waals surface area contributed by atoms with Gasteiger partial charge in [0.05, 0.1) is 38.7 Å². The van der Waals surface area contributed by atoms with Crippen LogP contribution < -0.4 is 14.8 Å². The van der Waals surface area contributed by atoms with Crippen LogP contribution in [0.15, 0.2) is 24.5 Å². The third-order valence-corrected chi connectivity index (χ3v) is 4.67. The van der Waals surface area contributed by atoms with Crippen LogP contribution in [0.5, 0.6) is 11.5 Å². The molecule has 1 saturated heterocycles. The molecule has 0 aliphatic carbocycles. The lowest BCUT2D eigenvalue weighted by Crippen LogP contribution is -2.49. The highest BCUT2D eigenvalue weighted by Gasteiger charge is 2.38. The van der Waals surface area contributed by atoms with Gasteiger partial charge in [-0.15, -0.1) is 0 Å². The maximum absolute atomic E-state index is 13.0. The summed E-state index contributed by atoms with van der Waals surface area (Å²) in [5.74, 6) is -1.06. The van der Waals surface area contributed by atoms with Crippen LogP contribution in [-0.4, -0.2) is 70.0 Å². The fourth-order valence-electron chi connectivity index (χ4n) is 2.91. The molecule has 1 aliphatic heterocycles. The van der Waals surface area contributed by atoms with Gasteiger partial charge in [0.2, 0.25) is 0 Å². The van der Waals surface area contributed by atoms with Crippen molar-refractivity contribution in [3.05, 3.63) is 30.0 Å². The number of amides is 1. The number of ether oxygens (including phenoxy) is 6. The lowest BCUT2D eigenvalue weighted by molar-refractivity contribution is -0.236. The summed E-state index contributed by atoms with van der Waals surface area (Å²) in [6.45, 7) is 5.13. The smallest absolute Gasteiger partial charge is 0.340 e. The normalized spacial score (nSPS) is 23.3. The van der Waals surface area contributed by atoms with Crippen molar-refractivity contribution in [2.75, 3.05) is 33.8 Å². The van der Waals surface area contributed by atoms with Gasteiger partial charge in [-0.1, -0.05) is 6.58 Å². The zero-order chi connectivity index (χ0) is 22.4. The van der Waals surface area contributed by atoms with Crippen LogP contribution in [0.2, 0.25) is 0 Å². The first-order valence-corrected chi connectivity index (χ1v) is 9.13. The lowest BCUT2D eigenvalue weighted by atomic mass is 10.0. The van der Waals surface area contributed by atoms with E-state index in [9.17, 15) is 14.7 Å². The van der Waals surface area contributed by atoms with Crippen molar-refractivity contribution in [3.63, 3.8) is 0 Å². The largest absolute Gasteiger partial charge is 0.493 e. The predicted molar refractivity (Wildman–Crippen MR) is 105 cm³/mol. The Balaban J connectivity index is 2.36. The number of hydrogen-bond donors (Lipinski definition) is 2. The minimum absolute atomic E-state index is 0.00906. The summed E-state index contributed by atoms with van der Waals surface area (Å²) in [6.07, 6.45) is -3.01. The number of rotatable bonds is 8. The van der Waals surface area contributed by atoms with Crippen LogP contribution in [0.3, 0.4) is 0 Å². The van der Waals surface area contributed by atoms with Crippen LogP contribution in [0, 0.1) is 0 Å². The number of nitrogens with one attached hydrogen (secondary N) is 1. The second kappa shape index (κ2) is 10.3. The maximum Gasteiger partial charge on any atom is 0.340 e. The number of aliphatic hydroxyl groups is 1. The molecule has 1 aliphatic rings. The molecule has 0 saturated carbocycles. The molecule has 1 heterocycles. The lowest BCUT2D eigenvalue weighted by Gasteiger charge is -2.36. The molecule has 166 valence electrons. The van der Waals surface area contributed by atoms with Crippen molar-refractivity contribution in [2.24, 2.45) is 0 Å². The zero-order valence-corrected chi connectivity index (χ0v) is 17.6. The quantitative estimate of drug-likeness (QED) is 0.362. The fourth-order valence-corrected chi connectivity index (χ4v) is 2.91. The summed E-state index contributed by atoms with van der Waals surface area (Å²) in [5.41, 5.74) is 0.0870. The highest BCUT2D eigenvalue weighted by atomic mass is 16.7. The van der Waals surface area contributed by atoms with E-state index in [2.05, 4.69) is 11.9 Å². The minimum Gasteiger partial charge on any atom is -0.493 e. The Morgan fingerprint density at radius 2 is 1.80 bits per heavy atom. The molecule has 10 nitrogen and oxygen atoms in total. The number of hydrogen-bond acceptors (Lipinski definition) is 9. The zero-order valence-electron chi connectivity index (χ0n) is 17.6. The van der Waals surface area contributed by atoms with E-state index in [-0.39, 0.29) is 34.9 Å². The van der Waals surface area contributed by atoms with Gasteiger partial charge in [-0.25, -0.2) is 4.79 Å². The van der Waals surface area contributed by atoms with E-state index in [0.717, 1.165) is 0 Å². The monoisotopic (exact) mass is 425 g/mol. The van der Waals surface area contributed by atoms with Crippen LogP contribution in [0.1, 0.15) is 23.7 Å². The highest BCUT2D eigenvalue weighted by molar-refractivity contribution is 6.07. The summed E-state index contributed by atoms with van der Waals surface area (Å²) in [5, 5.41) is 12.9. The molecule has 30 heavy (non-hydrogen) atoms. The topological polar surface area (TPSA) is 122 Å². The average Bonchev–Trinajstić information content (AvgIpc) is 2.75. The molecule has 1 aromatic rings. The summed E-state index contributed by atoms with van der Waals surface area (Å²) in [7, 11) is 5.58. The number of esters is 1. The highest BCUT2D eigenvalue weighted by Crippen LogP contribution is 2.35. The minimum atomic E-state index is -1.05. The van der Waals surface area contributed by atoms with Crippen molar-refractivity contribution in [2.45, 2.75) is 37.9 Å². The van der Waals surface area contributed by atoms with Gasteiger partial charge >= 0.3 is 5.97 Å². The summed E-state index contributed by atoms with van der Waals surface area (Å²) in [6, 6.07) is 2.78. The van der Waals surface area contributed by atoms with Crippen molar-refractivity contribution < 1.29 is 43.1 Å². The predicted octanol–water partition coefficient (Wildman–Crippen LogP) is 1.47. The van der Waals surface area contributed by atoms with Gasteiger partial charge in [-0.3, -0.25) is 4.79 Å². The van der Waals surface area contributed by atoms with Gasteiger partial charge in [0, 0.05) is 25.7 Å². The summed E-state index contributed by atoms with van der Waals surface area (Å²) >= 11 is 0. The number of benzene rings is 1. The SMILES string of the molecule is C=C(OC)C(=O)Nc1cc(OC)c(OC)cc1C(=O)O[C@H]1CC(OC)O[C@@H](C)[C@H]1O. The Morgan fingerprint density at radius 3 is 2.37 bits per heavy atom.